The van der Waals surface area contributed by atoms with Crippen LogP contribution in [-0.2, 0) is 0 Å². The maximum Gasteiger partial charge on any atom is 0.167 e. The van der Waals surface area contributed by atoms with Gasteiger partial charge in [0.05, 0.1) is 0 Å². The van der Waals surface area contributed by atoms with Crippen molar-refractivity contribution in [3.05, 3.63) is 0 Å². The molecule has 78 valence electrons. The zero-order chi connectivity index (χ0) is 9.52. The minimum atomic E-state index is -0.176. The van der Waals surface area contributed by atoms with Crippen molar-refractivity contribution in [2.24, 2.45) is 5.92 Å². The molecule has 1 aliphatic carbocycles. The number of rotatable bonds is 5. The summed E-state index contributed by atoms with van der Waals surface area (Å²) < 4.78 is 0. The molecule has 0 radical (unpaired) electrons. The topological polar surface area (TPSA) is 24.1 Å². The van der Waals surface area contributed by atoms with Gasteiger partial charge in [-0.05, 0) is 25.3 Å². The third kappa shape index (κ3) is 5.44. The summed E-state index contributed by atoms with van der Waals surface area (Å²) in [6.45, 7) is 5.72. The Morgan fingerprint density at radius 2 is 1.92 bits per heavy atom. The first kappa shape index (κ1) is 11.2. The van der Waals surface area contributed by atoms with Crippen molar-refractivity contribution < 1.29 is 0 Å². The minimum absolute atomic E-state index is 0.176. The van der Waals surface area contributed by atoms with Crippen LogP contribution in [0.25, 0.3) is 0 Å². The Hall–Kier alpha value is 0.137. The highest BCUT2D eigenvalue weighted by atomic mass is 28.2. The predicted octanol–water partition coefficient (Wildman–Crippen LogP) is 1.15. The standard InChI is InChI=1S/C10H24N2Si/c1-9(2)8-11-13-12-10-6-4-3-5-7-10/h9-12H,3-8,13H2,1-2H3. The molecule has 1 saturated carbocycles. The monoisotopic (exact) mass is 200 g/mol. The van der Waals surface area contributed by atoms with Crippen molar-refractivity contribution in [1.82, 2.24) is 9.96 Å². The summed E-state index contributed by atoms with van der Waals surface area (Å²) in [6.07, 6.45) is 7.17. The third-order valence-corrected chi connectivity index (χ3v) is 3.99. The van der Waals surface area contributed by atoms with Crippen molar-refractivity contribution in [3.63, 3.8) is 0 Å². The maximum absolute atomic E-state index is 3.70. The largest absolute Gasteiger partial charge is 0.330 e. The molecule has 2 N–H and O–H groups in total. The molecule has 0 spiro atoms. The van der Waals surface area contributed by atoms with E-state index < -0.39 is 0 Å². The van der Waals surface area contributed by atoms with Crippen molar-refractivity contribution >= 4 is 9.84 Å². The van der Waals surface area contributed by atoms with Gasteiger partial charge in [0.15, 0.2) is 9.84 Å². The fraction of sp³-hybridized carbons (Fsp3) is 1.00. The Kier molecular flexibility index (Phi) is 5.67. The van der Waals surface area contributed by atoms with Crippen molar-refractivity contribution in [3.8, 4) is 0 Å². The quantitative estimate of drug-likeness (QED) is 0.514. The van der Waals surface area contributed by atoms with Crippen LogP contribution < -0.4 is 9.96 Å². The Balaban J connectivity index is 1.92. The van der Waals surface area contributed by atoms with Gasteiger partial charge in [0.25, 0.3) is 0 Å². The van der Waals surface area contributed by atoms with Crippen LogP contribution in [0.15, 0.2) is 0 Å². The van der Waals surface area contributed by atoms with Gasteiger partial charge in [-0.15, -0.1) is 0 Å². The van der Waals surface area contributed by atoms with Gasteiger partial charge in [0.1, 0.15) is 0 Å². The smallest absolute Gasteiger partial charge is 0.167 e. The van der Waals surface area contributed by atoms with Crippen LogP contribution in [0.1, 0.15) is 46.0 Å². The van der Waals surface area contributed by atoms with Gasteiger partial charge in [-0.25, -0.2) is 0 Å². The van der Waals surface area contributed by atoms with Gasteiger partial charge in [0, 0.05) is 6.04 Å². The van der Waals surface area contributed by atoms with Crippen LogP contribution in [0.2, 0.25) is 0 Å². The summed E-state index contributed by atoms with van der Waals surface area (Å²) in [5.41, 5.74) is 0. The highest BCUT2D eigenvalue weighted by molar-refractivity contribution is 6.28. The van der Waals surface area contributed by atoms with Crippen LogP contribution in [0.3, 0.4) is 0 Å². The lowest BCUT2D eigenvalue weighted by Crippen LogP contribution is -2.42. The molecule has 0 unspecified atom stereocenters. The van der Waals surface area contributed by atoms with E-state index in [2.05, 4.69) is 23.8 Å². The van der Waals surface area contributed by atoms with Gasteiger partial charge < -0.3 is 9.96 Å². The summed E-state index contributed by atoms with van der Waals surface area (Å²) in [6, 6.07) is 0.847. The zero-order valence-electron chi connectivity index (χ0n) is 9.10. The molecule has 2 nitrogen and oxygen atoms in total. The molecule has 0 saturated heterocycles. The van der Waals surface area contributed by atoms with Crippen LogP contribution in [0.5, 0.6) is 0 Å². The van der Waals surface area contributed by atoms with E-state index in [0.717, 1.165) is 12.0 Å². The van der Waals surface area contributed by atoms with Crippen molar-refractivity contribution in [1.29, 1.82) is 0 Å². The number of hydrogen-bond donors (Lipinski definition) is 2. The highest BCUT2D eigenvalue weighted by Crippen LogP contribution is 2.16. The molecule has 1 aliphatic rings. The van der Waals surface area contributed by atoms with Gasteiger partial charge >= 0.3 is 0 Å². The molecular weight excluding hydrogens is 176 g/mol. The SMILES string of the molecule is CC(C)CN[SiH2]NC1CCCCC1. The fourth-order valence-corrected chi connectivity index (χ4v) is 3.45. The van der Waals surface area contributed by atoms with Crippen molar-refractivity contribution in [2.45, 2.75) is 52.0 Å². The maximum atomic E-state index is 3.70. The Labute approximate surface area is 84.9 Å². The molecule has 0 aromatic rings. The van der Waals surface area contributed by atoms with Crippen LogP contribution in [0.4, 0.5) is 0 Å². The lowest BCUT2D eigenvalue weighted by molar-refractivity contribution is 0.416. The van der Waals surface area contributed by atoms with Crippen molar-refractivity contribution in [2.75, 3.05) is 6.54 Å². The summed E-state index contributed by atoms with van der Waals surface area (Å²) in [7, 11) is -0.176. The lowest BCUT2D eigenvalue weighted by atomic mass is 9.96. The minimum Gasteiger partial charge on any atom is -0.330 e. The summed E-state index contributed by atoms with van der Waals surface area (Å²) >= 11 is 0. The van der Waals surface area contributed by atoms with E-state index in [1.54, 1.807) is 0 Å². The molecule has 3 heteroatoms. The molecule has 0 bridgehead atoms. The van der Waals surface area contributed by atoms with Gasteiger partial charge in [0.2, 0.25) is 0 Å². The van der Waals surface area contributed by atoms with E-state index in [0.29, 0.717) is 0 Å². The molecule has 0 amide bonds. The van der Waals surface area contributed by atoms with E-state index >= 15 is 0 Å². The lowest BCUT2D eigenvalue weighted by Gasteiger charge is -2.23. The van der Waals surface area contributed by atoms with E-state index in [4.69, 9.17) is 0 Å². The Bertz CT molecular complexity index is 122. The van der Waals surface area contributed by atoms with E-state index in [1.807, 2.05) is 0 Å². The zero-order valence-corrected chi connectivity index (χ0v) is 10.5. The first-order valence-corrected chi connectivity index (χ1v) is 7.14. The second-order valence-electron chi connectivity index (χ2n) is 4.56. The Morgan fingerprint density at radius 1 is 1.23 bits per heavy atom. The van der Waals surface area contributed by atoms with Crippen LogP contribution in [-0.4, -0.2) is 22.4 Å². The number of nitrogens with one attached hydrogen (secondary N) is 2. The molecule has 0 aromatic carbocycles. The molecular formula is C10H24N2Si. The van der Waals surface area contributed by atoms with E-state index in [1.165, 1.54) is 38.6 Å². The van der Waals surface area contributed by atoms with Gasteiger partial charge in [-0.2, -0.15) is 0 Å². The van der Waals surface area contributed by atoms with Gasteiger partial charge in [-0.3, -0.25) is 0 Å². The number of hydrogen-bond acceptors (Lipinski definition) is 2. The summed E-state index contributed by atoms with van der Waals surface area (Å²) in [5, 5.41) is 0. The van der Waals surface area contributed by atoms with E-state index in [9.17, 15) is 0 Å². The average Bonchev–Trinajstić information content (AvgIpc) is 2.14. The highest BCUT2D eigenvalue weighted by Gasteiger charge is 2.11. The molecule has 13 heavy (non-hydrogen) atoms. The predicted molar refractivity (Wildman–Crippen MR) is 61.4 cm³/mol. The van der Waals surface area contributed by atoms with Crippen LogP contribution >= 0.6 is 0 Å². The Morgan fingerprint density at radius 3 is 2.54 bits per heavy atom. The van der Waals surface area contributed by atoms with E-state index in [-0.39, 0.29) is 9.84 Å². The molecule has 0 atom stereocenters. The molecule has 0 aliphatic heterocycles. The first-order valence-electron chi connectivity index (χ1n) is 5.73. The van der Waals surface area contributed by atoms with Crippen LogP contribution in [0, 0.1) is 5.92 Å². The molecule has 1 fully saturated rings. The second kappa shape index (κ2) is 6.57. The first-order chi connectivity index (χ1) is 6.29. The molecule has 0 heterocycles. The average molecular weight is 200 g/mol. The molecule has 0 aromatic heterocycles. The van der Waals surface area contributed by atoms with Gasteiger partial charge in [-0.1, -0.05) is 33.1 Å². The molecule has 1 rings (SSSR count). The fourth-order valence-electron chi connectivity index (χ4n) is 1.88. The summed E-state index contributed by atoms with van der Waals surface area (Å²) in [5.74, 6) is 0.792. The third-order valence-electron chi connectivity index (χ3n) is 2.67. The second-order valence-corrected chi connectivity index (χ2v) is 5.83. The summed E-state index contributed by atoms with van der Waals surface area (Å²) in [4.78, 5) is 7.26. The normalized spacial score (nSPS) is 20.5.